The maximum Gasteiger partial charge on any atom is 0.133 e. The molecular formula is C43H56N4. The normalized spacial score (nSPS) is 11.9. The minimum absolute atomic E-state index is 0.886. The second-order valence-corrected chi connectivity index (χ2v) is 12.4. The molecule has 4 aromatic carbocycles. The number of hydrogen-bond acceptors (Lipinski definition) is 2. The van der Waals surface area contributed by atoms with Crippen LogP contribution in [0.5, 0.6) is 0 Å². The van der Waals surface area contributed by atoms with E-state index in [4.69, 9.17) is 9.98 Å². The zero-order valence-corrected chi connectivity index (χ0v) is 29.3. The molecule has 2 N–H and O–H groups in total. The Hall–Kier alpha value is -4.18. The molecule has 0 atom stereocenters. The molecule has 4 heteroatoms. The molecule has 0 aliphatic rings. The monoisotopic (exact) mass is 628 g/mol. The number of aryl methyl sites for hydroxylation is 4. The highest BCUT2D eigenvalue weighted by molar-refractivity contribution is 6.01. The summed E-state index contributed by atoms with van der Waals surface area (Å²) in [6.45, 7) is 10.8. The number of rotatable bonds is 18. The van der Waals surface area contributed by atoms with Crippen molar-refractivity contribution in [2.24, 2.45) is 9.98 Å². The smallest absolute Gasteiger partial charge is 0.133 e. The van der Waals surface area contributed by atoms with E-state index >= 15 is 0 Å². The van der Waals surface area contributed by atoms with Crippen LogP contribution in [0.3, 0.4) is 0 Å². The number of nitrogens with zero attached hydrogens (tertiary/aromatic N) is 2. The molecule has 0 aliphatic heterocycles. The van der Waals surface area contributed by atoms with Gasteiger partial charge in [-0.3, -0.25) is 0 Å². The van der Waals surface area contributed by atoms with Crippen molar-refractivity contribution in [2.45, 2.75) is 98.3 Å². The second-order valence-electron chi connectivity index (χ2n) is 12.4. The molecule has 0 saturated carbocycles. The molecule has 4 aromatic rings. The molecule has 4 nitrogen and oxygen atoms in total. The third kappa shape index (κ3) is 10.9. The maximum atomic E-state index is 5.31. The third-order valence-corrected chi connectivity index (χ3v) is 8.46. The Morgan fingerprint density at radius 1 is 0.426 bits per heavy atom. The van der Waals surface area contributed by atoms with Crippen molar-refractivity contribution in [3.8, 4) is 0 Å². The van der Waals surface area contributed by atoms with Gasteiger partial charge in [0.25, 0.3) is 0 Å². The van der Waals surface area contributed by atoms with Crippen LogP contribution < -0.4 is 10.6 Å². The van der Waals surface area contributed by atoms with Crippen LogP contribution in [0.2, 0.25) is 0 Å². The van der Waals surface area contributed by atoms with E-state index in [1.807, 2.05) is 0 Å². The van der Waals surface area contributed by atoms with Crippen LogP contribution in [-0.4, -0.2) is 24.8 Å². The molecule has 0 heterocycles. The fourth-order valence-electron chi connectivity index (χ4n) is 6.13. The van der Waals surface area contributed by atoms with Gasteiger partial charge in [-0.15, -0.1) is 0 Å². The van der Waals surface area contributed by atoms with Crippen molar-refractivity contribution in [3.63, 3.8) is 0 Å². The van der Waals surface area contributed by atoms with Gasteiger partial charge in [0.1, 0.15) is 11.7 Å². The molecule has 0 spiro atoms. The van der Waals surface area contributed by atoms with Crippen LogP contribution in [0.1, 0.15) is 106 Å². The SMILES string of the molecule is CCCc1cccc(CCC)c1/N=C(/NCCCCCN/C(=N/c1c(CCC)cccc1CCC)c1ccccc1)c1ccccc1. The van der Waals surface area contributed by atoms with Crippen LogP contribution in [0.15, 0.2) is 107 Å². The molecular weight excluding hydrogens is 573 g/mol. The van der Waals surface area contributed by atoms with E-state index in [2.05, 4.69) is 135 Å². The lowest BCUT2D eigenvalue weighted by molar-refractivity contribution is 0.652. The summed E-state index contributed by atoms with van der Waals surface area (Å²) in [5.41, 5.74) is 9.95. The minimum Gasteiger partial charge on any atom is -0.370 e. The van der Waals surface area contributed by atoms with Gasteiger partial charge >= 0.3 is 0 Å². The average Bonchev–Trinajstić information content (AvgIpc) is 3.10. The van der Waals surface area contributed by atoms with Crippen LogP contribution in [-0.2, 0) is 25.7 Å². The highest BCUT2D eigenvalue weighted by Gasteiger charge is 2.12. The highest BCUT2D eigenvalue weighted by Crippen LogP contribution is 2.29. The molecule has 0 aliphatic carbocycles. The lowest BCUT2D eigenvalue weighted by Crippen LogP contribution is -2.27. The summed E-state index contributed by atoms with van der Waals surface area (Å²) in [4.78, 5) is 10.6. The predicted molar refractivity (Wildman–Crippen MR) is 204 cm³/mol. The number of hydrogen-bond donors (Lipinski definition) is 2. The lowest BCUT2D eigenvalue weighted by Gasteiger charge is -2.16. The van der Waals surface area contributed by atoms with Gasteiger partial charge in [0.15, 0.2) is 0 Å². The summed E-state index contributed by atoms with van der Waals surface area (Å²) in [5.74, 6) is 1.94. The lowest BCUT2D eigenvalue weighted by atomic mass is 10.0. The zero-order valence-electron chi connectivity index (χ0n) is 29.3. The van der Waals surface area contributed by atoms with Gasteiger partial charge in [0.2, 0.25) is 0 Å². The quantitative estimate of drug-likeness (QED) is 0.0654. The first-order chi connectivity index (χ1) is 23.2. The minimum atomic E-state index is 0.886. The van der Waals surface area contributed by atoms with Gasteiger partial charge in [0.05, 0.1) is 11.4 Å². The second kappa shape index (κ2) is 20.1. The maximum absolute atomic E-state index is 5.31. The molecule has 0 amide bonds. The van der Waals surface area contributed by atoms with Gasteiger partial charge in [-0.2, -0.15) is 0 Å². The van der Waals surface area contributed by atoms with Gasteiger partial charge in [-0.05, 0) is 67.2 Å². The van der Waals surface area contributed by atoms with Crippen molar-refractivity contribution in [2.75, 3.05) is 13.1 Å². The molecule has 47 heavy (non-hydrogen) atoms. The van der Waals surface area contributed by atoms with E-state index in [1.54, 1.807) is 0 Å². The number of nitrogens with one attached hydrogen (secondary N) is 2. The topological polar surface area (TPSA) is 48.8 Å². The standard InChI is InChI=1S/C43H56N4/c1-5-20-34-28-18-29-35(21-6-2)40(34)46-42(38-24-12-9-13-25-38)44-32-16-11-17-33-45-43(39-26-14-10-15-27-39)47-41-36(22-7-3)30-19-31-37(41)23-8-4/h9-10,12-15,18-19,24-31H,5-8,11,16-17,20-23,32-33H2,1-4H3,(H,44,46)(H,45,47). The van der Waals surface area contributed by atoms with Gasteiger partial charge in [-0.25, -0.2) is 9.98 Å². The Morgan fingerprint density at radius 2 is 0.766 bits per heavy atom. The summed E-state index contributed by atoms with van der Waals surface area (Å²) in [7, 11) is 0. The summed E-state index contributed by atoms with van der Waals surface area (Å²) < 4.78 is 0. The predicted octanol–water partition coefficient (Wildman–Crippen LogP) is 10.7. The largest absolute Gasteiger partial charge is 0.370 e. The zero-order chi connectivity index (χ0) is 33.1. The summed E-state index contributed by atoms with van der Waals surface area (Å²) in [5, 5.41) is 7.45. The van der Waals surface area contributed by atoms with Crippen molar-refractivity contribution >= 4 is 23.0 Å². The Labute approximate surface area is 284 Å². The number of para-hydroxylation sites is 2. The summed E-state index contributed by atoms with van der Waals surface area (Å²) in [6.07, 6.45) is 11.9. The first-order valence-electron chi connectivity index (χ1n) is 18.2. The number of aliphatic imine (C=N–C) groups is 2. The number of benzene rings is 4. The molecule has 248 valence electrons. The van der Waals surface area contributed by atoms with E-state index in [0.29, 0.717) is 0 Å². The first-order valence-corrected chi connectivity index (χ1v) is 18.2. The van der Waals surface area contributed by atoms with E-state index < -0.39 is 0 Å². The Bertz CT molecular complexity index is 1370. The van der Waals surface area contributed by atoms with Crippen molar-refractivity contribution in [3.05, 3.63) is 130 Å². The fourth-order valence-corrected chi connectivity index (χ4v) is 6.13. The molecule has 4 rings (SSSR count). The molecule has 0 aromatic heterocycles. The fraction of sp³-hybridized carbons (Fsp3) is 0.395. The molecule has 0 radical (unpaired) electrons. The van der Waals surface area contributed by atoms with Gasteiger partial charge < -0.3 is 10.6 Å². The van der Waals surface area contributed by atoms with Crippen molar-refractivity contribution < 1.29 is 0 Å². The van der Waals surface area contributed by atoms with Crippen LogP contribution in [0.4, 0.5) is 11.4 Å². The van der Waals surface area contributed by atoms with Crippen LogP contribution >= 0.6 is 0 Å². The van der Waals surface area contributed by atoms with Gasteiger partial charge in [0, 0.05) is 24.2 Å². The molecule has 0 bridgehead atoms. The van der Waals surface area contributed by atoms with E-state index in [0.717, 1.165) is 118 Å². The van der Waals surface area contributed by atoms with E-state index in [9.17, 15) is 0 Å². The van der Waals surface area contributed by atoms with Gasteiger partial charge in [-0.1, -0.05) is 150 Å². The highest BCUT2D eigenvalue weighted by atomic mass is 15.0. The number of amidine groups is 2. The summed E-state index contributed by atoms with van der Waals surface area (Å²) in [6, 6.07) is 34.6. The first kappa shape index (κ1) is 35.7. The van der Waals surface area contributed by atoms with E-state index in [-0.39, 0.29) is 0 Å². The Morgan fingerprint density at radius 3 is 1.09 bits per heavy atom. The third-order valence-electron chi connectivity index (χ3n) is 8.46. The molecule has 0 saturated heterocycles. The Kier molecular flexibility index (Phi) is 15.3. The molecule has 0 unspecified atom stereocenters. The average molecular weight is 629 g/mol. The summed E-state index contributed by atoms with van der Waals surface area (Å²) >= 11 is 0. The van der Waals surface area contributed by atoms with Crippen molar-refractivity contribution in [1.29, 1.82) is 0 Å². The van der Waals surface area contributed by atoms with Crippen LogP contribution in [0.25, 0.3) is 0 Å². The number of unbranched alkanes of at least 4 members (excludes halogenated alkanes) is 2. The van der Waals surface area contributed by atoms with E-state index in [1.165, 1.54) is 22.3 Å². The van der Waals surface area contributed by atoms with Crippen molar-refractivity contribution in [1.82, 2.24) is 10.6 Å². The Balaban J connectivity index is 1.43. The molecule has 0 fully saturated rings. The van der Waals surface area contributed by atoms with Crippen LogP contribution in [0, 0.1) is 0 Å².